The second-order valence-corrected chi connectivity index (χ2v) is 9.95. The molecule has 0 bridgehead atoms. The molecule has 3 heterocycles. The van der Waals surface area contributed by atoms with Gasteiger partial charge in [0.2, 0.25) is 6.41 Å². The molecule has 1 atom stereocenters. The van der Waals surface area contributed by atoms with Crippen LogP contribution in [0.1, 0.15) is 49.3 Å². The molecule has 186 valence electrons. The summed E-state index contributed by atoms with van der Waals surface area (Å²) in [5.74, 6) is -0.766. The number of aliphatic hydroxyl groups is 1. The Bertz CT molecular complexity index is 1280. The molecule has 1 unspecified atom stereocenters. The van der Waals surface area contributed by atoms with E-state index in [0.717, 1.165) is 0 Å². The van der Waals surface area contributed by atoms with E-state index in [0.29, 0.717) is 41.1 Å². The summed E-state index contributed by atoms with van der Waals surface area (Å²) >= 11 is 0. The van der Waals surface area contributed by atoms with Gasteiger partial charge in [0.25, 0.3) is 5.91 Å². The topological polar surface area (TPSA) is 139 Å². The first-order chi connectivity index (χ1) is 16.4. The van der Waals surface area contributed by atoms with Crippen LogP contribution in [-0.2, 0) is 4.74 Å². The zero-order valence-electron chi connectivity index (χ0n) is 20.4. The van der Waals surface area contributed by atoms with E-state index in [-0.39, 0.29) is 17.3 Å². The number of rotatable bonds is 7. The molecule has 11 heteroatoms. The van der Waals surface area contributed by atoms with Crippen LogP contribution >= 0.6 is 0 Å². The van der Waals surface area contributed by atoms with E-state index in [4.69, 9.17) is 10.1 Å². The molecule has 1 aliphatic rings. The molecule has 1 amide bonds. The number of H-pyrrole nitrogens is 1. The van der Waals surface area contributed by atoms with E-state index in [1.54, 1.807) is 11.9 Å². The third-order valence-corrected chi connectivity index (χ3v) is 5.69. The first-order valence-electron chi connectivity index (χ1n) is 11.2. The van der Waals surface area contributed by atoms with Crippen LogP contribution < -0.4 is 10.6 Å². The van der Waals surface area contributed by atoms with E-state index >= 15 is 0 Å². The number of hydrogen-bond donors (Lipinski definition) is 5. The summed E-state index contributed by atoms with van der Waals surface area (Å²) < 4.78 is 19.2. The Labute approximate surface area is 202 Å². The number of benzene rings is 1. The van der Waals surface area contributed by atoms with Crippen LogP contribution in [0.5, 0.6) is 0 Å². The summed E-state index contributed by atoms with van der Waals surface area (Å²) in [6.45, 7) is 8.30. The number of fused-ring (bicyclic) bond motifs is 1. The number of halogens is 1. The summed E-state index contributed by atoms with van der Waals surface area (Å²) in [5, 5.41) is 24.7. The number of carbonyl (C=O) groups is 1. The number of nitrogens with one attached hydrogen (secondary N) is 4. The van der Waals surface area contributed by atoms with E-state index < -0.39 is 23.4 Å². The fourth-order valence-electron chi connectivity index (χ4n) is 4.08. The van der Waals surface area contributed by atoms with Gasteiger partial charge in [-0.2, -0.15) is 0 Å². The molecule has 0 radical (unpaired) electrons. The minimum absolute atomic E-state index is 0.0470. The fourth-order valence-corrected chi connectivity index (χ4v) is 4.08. The Hall–Kier alpha value is -3.41. The van der Waals surface area contributed by atoms with Crippen molar-refractivity contribution in [2.24, 2.45) is 0 Å². The number of anilines is 1. The minimum atomic E-state index is -1.05. The summed E-state index contributed by atoms with van der Waals surface area (Å²) in [6, 6.07) is 4.08. The molecule has 0 saturated carbocycles. The number of likely N-dealkylation sites (tertiary alicyclic amines) is 1. The van der Waals surface area contributed by atoms with Crippen molar-refractivity contribution < 1.29 is 19.0 Å². The minimum Gasteiger partial charge on any atom is -0.387 e. The zero-order valence-corrected chi connectivity index (χ0v) is 20.4. The van der Waals surface area contributed by atoms with Gasteiger partial charge in [0.15, 0.2) is 5.65 Å². The van der Waals surface area contributed by atoms with Gasteiger partial charge in [-0.15, -0.1) is 0 Å². The van der Waals surface area contributed by atoms with Crippen molar-refractivity contribution in [1.29, 1.82) is 5.41 Å². The number of aliphatic hydroxyl groups excluding tert-OH is 1. The van der Waals surface area contributed by atoms with Crippen molar-refractivity contribution in [2.45, 2.75) is 45.2 Å². The Balaban J connectivity index is 1.52. The predicted octanol–water partition coefficient (Wildman–Crippen LogP) is 2.45. The molecule has 35 heavy (non-hydrogen) atoms. The van der Waals surface area contributed by atoms with Crippen LogP contribution in [0.3, 0.4) is 0 Å². The van der Waals surface area contributed by atoms with Crippen LogP contribution in [0.4, 0.5) is 10.1 Å². The van der Waals surface area contributed by atoms with Gasteiger partial charge >= 0.3 is 0 Å². The lowest BCUT2D eigenvalue weighted by Crippen LogP contribution is -2.71. The maximum absolute atomic E-state index is 13.6. The number of carbonyl (C=O) groups excluding carboxylic acids is 1. The van der Waals surface area contributed by atoms with Gasteiger partial charge in [0, 0.05) is 37.6 Å². The highest BCUT2D eigenvalue weighted by atomic mass is 19.1. The molecule has 1 aliphatic heterocycles. The summed E-state index contributed by atoms with van der Waals surface area (Å²) in [5.41, 5.74) is 1.18. The second-order valence-electron chi connectivity index (χ2n) is 9.95. The Kier molecular flexibility index (Phi) is 6.34. The molecular formula is C24H30FN7O3. The van der Waals surface area contributed by atoms with Gasteiger partial charge in [-0.05, 0) is 45.9 Å². The Morgan fingerprint density at radius 2 is 2.06 bits per heavy atom. The molecule has 1 aromatic carbocycles. The van der Waals surface area contributed by atoms with Crippen molar-refractivity contribution in [1.82, 2.24) is 25.2 Å². The van der Waals surface area contributed by atoms with Crippen molar-refractivity contribution in [2.75, 3.05) is 25.5 Å². The summed E-state index contributed by atoms with van der Waals surface area (Å²) in [4.78, 5) is 26.6. The van der Waals surface area contributed by atoms with E-state index in [1.165, 1.54) is 30.6 Å². The Morgan fingerprint density at radius 1 is 1.34 bits per heavy atom. The van der Waals surface area contributed by atoms with Gasteiger partial charge in [-0.3, -0.25) is 15.1 Å². The molecular weight excluding hydrogens is 453 g/mol. The lowest BCUT2D eigenvalue weighted by molar-refractivity contribution is -0.264. The second kappa shape index (κ2) is 8.99. The molecule has 2 aromatic heterocycles. The van der Waals surface area contributed by atoms with Crippen LogP contribution in [0.15, 0.2) is 30.6 Å². The van der Waals surface area contributed by atoms with E-state index in [1.807, 2.05) is 27.7 Å². The van der Waals surface area contributed by atoms with Crippen LogP contribution in [0.2, 0.25) is 0 Å². The van der Waals surface area contributed by atoms with Gasteiger partial charge in [0.05, 0.1) is 28.6 Å². The first-order valence-corrected chi connectivity index (χ1v) is 11.2. The molecule has 3 aromatic rings. The van der Waals surface area contributed by atoms with Crippen LogP contribution in [-0.4, -0.2) is 74.3 Å². The number of aromatic amines is 1. The summed E-state index contributed by atoms with van der Waals surface area (Å²) in [6.07, 6.45) is 1.91. The van der Waals surface area contributed by atoms with Crippen LogP contribution in [0.25, 0.3) is 11.2 Å². The van der Waals surface area contributed by atoms with Crippen molar-refractivity contribution in [3.05, 3.63) is 53.2 Å². The average molecular weight is 484 g/mol. The quantitative estimate of drug-likeness (QED) is 0.257. The lowest BCUT2D eigenvalue weighted by atomic mass is 9.92. The molecule has 0 aliphatic carbocycles. The number of nitrogens with zero attached hydrogens (tertiary/aromatic N) is 3. The molecule has 10 nitrogen and oxygen atoms in total. The smallest absolute Gasteiger partial charge is 0.255 e. The number of aromatic nitrogens is 3. The fraction of sp³-hybridized carbons (Fsp3) is 0.417. The van der Waals surface area contributed by atoms with Gasteiger partial charge < -0.3 is 25.5 Å². The number of ether oxygens (including phenoxy) is 1. The van der Waals surface area contributed by atoms with Crippen LogP contribution in [0, 0.1) is 11.2 Å². The number of amides is 1. The average Bonchev–Trinajstić information content (AvgIpc) is 3.19. The van der Waals surface area contributed by atoms with Crippen molar-refractivity contribution in [3.8, 4) is 0 Å². The standard InChI is InChI=1S/C24H30FN7O3/c1-23(2,3)35-22(34)32-11-24(4,12-32)31-21(33)15-9-28-20-19(15)30-17(10-29-20)18(26)14-7-6-13(25)8-16(14)27-5/h6-10,22,26-27,34H,11-12H2,1-5H3,(H,28,29)(H,31,33). The highest BCUT2D eigenvalue weighted by Gasteiger charge is 2.44. The van der Waals surface area contributed by atoms with Gasteiger partial charge in [0.1, 0.15) is 17.0 Å². The molecule has 4 rings (SSSR count). The molecule has 0 spiro atoms. The third kappa shape index (κ3) is 5.16. The predicted molar refractivity (Wildman–Crippen MR) is 130 cm³/mol. The molecule has 1 saturated heterocycles. The third-order valence-electron chi connectivity index (χ3n) is 5.69. The van der Waals surface area contributed by atoms with Crippen molar-refractivity contribution in [3.63, 3.8) is 0 Å². The largest absolute Gasteiger partial charge is 0.387 e. The summed E-state index contributed by atoms with van der Waals surface area (Å²) in [7, 11) is 1.64. The highest BCUT2D eigenvalue weighted by Crippen LogP contribution is 2.26. The van der Waals surface area contributed by atoms with Gasteiger partial charge in [-0.25, -0.2) is 14.4 Å². The van der Waals surface area contributed by atoms with E-state index in [9.17, 15) is 14.3 Å². The maximum Gasteiger partial charge on any atom is 0.255 e. The first kappa shape index (κ1) is 24.7. The highest BCUT2D eigenvalue weighted by molar-refractivity contribution is 6.14. The maximum atomic E-state index is 13.6. The lowest BCUT2D eigenvalue weighted by Gasteiger charge is -2.50. The monoisotopic (exact) mass is 483 g/mol. The van der Waals surface area contributed by atoms with Gasteiger partial charge in [-0.1, -0.05) is 0 Å². The number of hydrogen-bond acceptors (Lipinski definition) is 8. The Morgan fingerprint density at radius 3 is 2.71 bits per heavy atom. The SMILES string of the molecule is CNc1cc(F)ccc1C(=N)c1cnc2[nH]cc(C(=O)NC3(C)CN(C(O)OC(C)(C)C)C3)c2n1. The molecule has 5 N–H and O–H groups in total. The zero-order chi connectivity index (χ0) is 25.5. The van der Waals surface area contributed by atoms with Crippen molar-refractivity contribution >= 4 is 28.5 Å². The molecule has 1 fully saturated rings. The van der Waals surface area contributed by atoms with E-state index in [2.05, 4.69) is 25.6 Å². The normalized spacial score (nSPS) is 16.5.